The average Bonchev–Trinajstić information content (AvgIpc) is 1.78. The van der Waals surface area contributed by atoms with E-state index in [0.717, 1.165) is 0 Å². The minimum absolute atomic E-state index is 0.0897. The number of rotatable bonds is 0. The van der Waals surface area contributed by atoms with Crippen LogP contribution in [0.4, 0.5) is 0 Å². The van der Waals surface area contributed by atoms with Crippen molar-refractivity contribution in [3.05, 3.63) is 0 Å². The first-order chi connectivity index (χ1) is 4.52. The number of hydrogen-bond acceptors (Lipinski definition) is 3. The molecule has 0 radical (unpaired) electrons. The third kappa shape index (κ3) is 1.45. The van der Waals surface area contributed by atoms with Gasteiger partial charge in [-0.15, -0.1) is 11.8 Å². The molecule has 0 aromatic carbocycles. The van der Waals surface area contributed by atoms with Crippen LogP contribution >= 0.6 is 11.8 Å². The van der Waals surface area contributed by atoms with Crippen LogP contribution in [0.15, 0.2) is 0 Å². The Balaban J connectivity index is 2.63. The lowest BCUT2D eigenvalue weighted by Crippen LogP contribution is -2.42. The van der Waals surface area contributed by atoms with Gasteiger partial charge in [0.05, 0.1) is 5.75 Å². The number of thioether (sulfide) groups is 1. The maximum absolute atomic E-state index is 10.8. The van der Waals surface area contributed by atoms with Crippen molar-refractivity contribution in [2.45, 2.75) is 31.6 Å². The van der Waals surface area contributed by atoms with Crippen LogP contribution in [0.5, 0.6) is 0 Å². The summed E-state index contributed by atoms with van der Waals surface area (Å²) in [5.41, 5.74) is -0.278. The van der Waals surface area contributed by atoms with Gasteiger partial charge in [0.15, 0.2) is 0 Å². The van der Waals surface area contributed by atoms with Crippen molar-refractivity contribution in [1.29, 1.82) is 0 Å². The average molecular weight is 160 g/mol. The van der Waals surface area contributed by atoms with Crippen molar-refractivity contribution in [2.75, 3.05) is 5.75 Å². The Labute approximate surface area is 65.3 Å². The Morgan fingerprint density at radius 1 is 1.70 bits per heavy atom. The van der Waals surface area contributed by atoms with E-state index in [1.807, 2.05) is 13.8 Å². The quantitative estimate of drug-likeness (QED) is 0.502. The molecule has 0 N–H and O–H groups in total. The molecule has 0 amide bonds. The Bertz CT molecular complexity index is 154. The van der Waals surface area contributed by atoms with E-state index in [0.29, 0.717) is 11.0 Å². The summed E-state index contributed by atoms with van der Waals surface area (Å²) in [6.07, 6.45) is 0. The van der Waals surface area contributed by atoms with Crippen molar-refractivity contribution in [3.8, 4) is 0 Å². The summed E-state index contributed by atoms with van der Waals surface area (Å²) in [6, 6.07) is 0. The molecule has 0 bridgehead atoms. The van der Waals surface area contributed by atoms with Crippen molar-refractivity contribution < 1.29 is 9.53 Å². The van der Waals surface area contributed by atoms with E-state index in [1.54, 1.807) is 11.8 Å². The molecule has 1 fully saturated rings. The van der Waals surface area contributed by atoms with Gasteiger partial charge in [0.25, 0.3) is 0 Å². The van der Waals surface area contributed by atoms with Crippen LogP contribution in [0.25, 0.3) is 0 Å². The summed E-state index contributed by atoms with van der Waals surface area (Å²) >= 11 is 1.66. The van der Waals surface area contributed by atoms with E-state index in [-0.39, 0.29) is 11.6 Å². The summed E-state index contributed by atoms with van der Waals surface area (Å²) in [5.74, 6) is 0.415. The summed E-state index contributed by atoms with van der Waals surface area (Å²) in [6.45, 7) is 5.97. The largest absolute Gasteiger partial charge is 0.458 e. The summed E-state index contributed by atoms with van der Waals surface area (Å²) in [7, 11) is 0. The van der Waals surface area contributed by atoms with Gasteiger partial charge in [0.2, 0.25) is 0 Å². The lowest BCUT2D eigenvalue weighted by molar-refractivity contribution is -0.154. The highest BCUT2D eigenvalue weighted by Crippen LogP contribution is 2.30. The van der Waals surface area contributed by atoms with E-state index in [1.165, 1.54) is 0 Å². The monoisotopic (exact) mass is 160 g/mol. The molecule has 3 heteroatoms. The topological polar surface area (TPSA) is 26.3 Å². The molecule has 0 saturated carbocycles. The van der Waals surface area contributed by atoms with Crippen molar-refractivity contribution in [2.24, 2.45) is 0 Å². The Morgan fingerprint density at radius 2 is 2.30 bits per heavy atom. The molecule has 1 aliphatic heterocycles. The number of cyclic esters (lactones) is 1. The van der Waals surface area contributed by atoms with E-state index in [4.69, 9.17) is 4.74 Å². The summed E-state index contributed by atoms with van der Waals surface area (Å²) in [5, 5.41) is 0.408. The number of hydrogen-bond donors (Lipinski definition) is 0. The first-order valence-corrected chi connectivity index (χ1v) is 4.41. The molecule has 1 atom stereocenters. The van der Waals surface area contributed by atoms with Crippen molar-refractivity contribution in [1.82, 2.24) is 0 Å². The molecule has 10 heavy (non-hydrogen) atoms. The van der Waals surface area contributed by atoms with Crippen LogP contribution in [0.2, 0.25) is 0 Å². The third-order valence-electron chi connectivity index (χ3n) is 1.81. The Kier molecular flexibility index (Phi) is 1.95. The van der Waals surface area contributed by atoms with Gasteiger partial charge in [0.1, 0.15) is 5.60 Å². The SMILES string of the molecule is C[C@@H]1SCC(=O)OC1(C)C. The minimum Gasteiger partial charge on any atom is -0.458 e. The van der Waals surface area contributed by atoms with Gasteiger partial charge in [-0.05, 0) is 20.8 Å². The zero-order valence-electron chi connectivity index (χ0n) is 6.51. The highest BCUT2D eigenvalue weighted by molar-refractivity contribution is 8.00. The highest BCUT2D eigenvalue weighted by Gasteiger charge is 2.34. The van der Waals surface area contributed by atoms with E-state index >= 15 is 0 Å². The lowest BCUT2D eigenvalue weighted by Gasteiger charge is -2.34. The minimum atomic E-state index is -0.278. The molecule has 1 rings (SSSR count). The van der Waals surface area contributed by atoms with Gasteiger partial charge in [-0.2, -0.15) is 0 Å². The maximum atomic E-state index is 10.8. The highest BCUT2D eigenvalue weighted by atomic mass is 32.2. The van der Waals surface area contributed by atoms with Gasteiger partial charge in [0, 0.05) is 5.25 Å². The number of carbonyl (C=O) groups is 1. The predicted molar refractivity (Wildman–Crippen MR) is 42.1 cm³/mol. The first-order valence-electron chi connectivity index (χ1n) is 3.36. The van der Waals surface area contributed by atoms with Crippen molar-refractivity contribution in [3.63, 3.8) is 0 Å². The Hall–Kier alpha value is -0.180. The van der Waals surface area contributed by atoms with Crippen LogP contribution in [0.3, 0.4) is 0 Å². The molecular formula is C7H12O2S. The Morgan fingerprint density at radius 3 is 2.70 bits per heavy atom. The molecule has 0 unspecified atom stereocenters. The smallest absolute Gasteiger partial charge is 0.316 e. The standard InChI is InChI=1S/C7H12O2S/c1-5-7(2,3)9-6(8)4-10-5/h5H,4H2,1-3H3/t5-/m0/s1. The molecule has 0 aliphatic carbocycles. The fraction of sp³-hybridized carbons (Fsp3) is 0.857. The summed E-state index contributed by atoms with van der Waals surface area (Å²) in [4.78, 5) is 10.8. The maximum Gasteiger partial charge on any atom is 0.316 e. The molecule has 0 aromatic rings. The van der Waals surface area contributed by atoms with Crippen LogP contribution in [0, 0.1) is 0 Å². The van der Waals surface area contributed by atoms with Crippen LogP contribution in [-0.4, -0.2) is 22.6 Å². The zero-order valence-corrected chi connectivity index (χ0v) is 7.33. The molecule has 0 aromatic heterocycles. The number of esters is 1. The molecule has 58 valence electrons. The van der Waals surface area contributed by atoms with Gasteiger partial charge >= 0.3 is 5.97 Å². The normalized spacial score (nSPS) is 31.5. The molecule has 2 nitrogen and oxygen atoms in total. The van der Waals surface area contributed by atoms with E-state index in [2.05, 4.69) is 6.92 Å². The second-order valence-electron chi connectivity index (χ2n) is 3.03. The first kappa shape index (κ1) is 7.92. The fourth-order valence-corrected chi connectivity index (χ4v) is 1.69. The number of ether oxygens (including phenoxy) is 1. The van der Waals surface area contributed by atoms with E-state index < -0.39 is 0 Å². The van der Waals surface area contributed by atoms with E-state index in [9.17, 15) is 4.79 Å². The van der Waals surface area contributed by atoms with Crippen LogP contribution < -0.4 is 0 Å². The van der Waals surface area contributed by atoms with Crippen LogP contribution in [-0.2, 0) is 9.53 Å². The van der Waals surface area contributed by atoms with Crippen LogP contribution in [0.1, 0.15) is 20.8 Å². The predicted octanol–water partition coefficient (Wildman–Crippen LogP) is 1.44. The fourth-order valence-electron chi connectivity index (χ4n) is 0.800. The van der Waals surface area contributed by atoms with Gasteiger partial charge in [-0.3, -0.25) is 4.79 Å². The second-order valence-corrected chi connectivity index (χ2v) is 4.36. The molecular weight excluding hydrogens is 148 g/mol. The van der Waals surface area contributed by atoms with Crippen molar-refractivity contribution >= 4 is 17.7 Å². The molecule has 0 spiro atoms. The molecule has 1 saturated heterocycles. The third-order valence-corrected chi connectivity index (χ3v) is 3.28. The summed E-state index contributed by atoms with van der Waals surface area (Å²) < 4.78 is 5.13. The second kappa shape index (κ2) is 2.46. The van der Waals surface area contributed by atoms with Gasteiger partial charge in [-0.1, -0.05) is 0 Å². The van der Waals surface area contributed by atoms with Gasteiger partial charge < -0.3 is 4.74 Å². The zero-order chi connectivity index (χ0) is 7.78. The molecule has 1 aliphatic rings. The number of carbonyl (C=O) groups excluding carboxylic acids is 1. The van der Waals surface area contributed by atoms with Gasteiger partial charge in [-0.25, -0.2) is 0 Å². The lowest BCUT2D eigenvalue weighted by atomic mass is 10.1. The molecule has 1 heterocycles.